The van der Waals surface area contributed by atoms with Crippen molar-refractivity contribution in [2.24, 2.45) is 5.41 Å². The largest absolute Gasteiger partial charge is 0.496 e. The molecule has 2 aliphatic heterocycles. The lowest BCUT2D eigenvalue weighted by Crippen LogP contribution is -2.45. The van der Waals surface area contributed by atoms with Crippen molar-refractivity contribution in [3.05, 3.63) is 101 Å². The maximum absolute atomic E-state index is 14.0. The van der Waals surface area contributed by atoms with Crippen LogP contribution < -0.4 is 15.0 Å². The predicted octanol–water partition coefficient (Wildman–Crippen LogP) is 5.90. The number of hydrogen-bond acceptors (Lipinski definition) is 5. The highest BCUT2D eigenvalue weighted by molar-refractivity contribution is 6.02. The number of benzene rings is 3. The Balaban J connectivity index is 1.47. The van der Waals surface area contributed by atoms with Gasteiger partial charge in [-0.25, -0.2) is 0 Å². The summed E-state index contributed by atoms with van der Waals surface area (Å²) in [6.07, 6.45) is 2.05. The minimum atomic E-state index is -0.461. The van der Waals surface area contributed by atoms with Gasteiger partial charge in [0.15, 0.2) is 5.78 Å². The van der Waals surface area contributed by atoms with Gasteiger partial charge >= 0.3 is 0 Å². The molecule has 3 aromatic carbocycles. The Labute approximate surface area is 230 Å². The molecule has 0 radical (unpaired) electrons. The Bertz CT molecular complexity index is 1470. The summed E-state index contributed by atoms with van der Waals surface area (Å²) in [4.78, 5) is 32.0. The molecule has 1 unspecified atom stereocenters. The highest BCUT2D eigenvalue weighted by Gasteiger charge is 2.43. The Morgan fingerprint density at radius 2 is 1.69 bits per heavy atom. The summed E-state index contributed by atoms with van der Waals surface area (Å²) in [5.74, 6) is 0.865. The molecule has 3 aliphatic rings. The van der Waals surface area contributed by atoms with Crippen LogP contribution in [0.25, 0.3) is 0 Å². The number of nitrogens with zero attached hydrogens (tertiary/aromatic N) is 2. The number of ether oxygens (including phenoxy) is 1. The molecule has 0 spiro atoms. The zero-order valence-corrected chi connectivity index (χ0v) is 22.9. The number of Topliss-reactive ketones (excluding diaryl/α,β-unsaturated/α-hetero) is 1. The maximum Gasteiger partial charge on any atom is 0.242 e. The molecular formula is C33H35N3O3. The van der Waals surface area contributed by atoms with E-state index in [2.05, 4.69) is 42.3 Å². The molecule has 0 bridgehead atoms. The minimum absolute atomic E-state index is 0.0480. The number of carbonyl (C=O) groups is 2. The van der Waals surface area contributed by atoms with Gasteiger partial charge in [0, 0.05) is 36.3 Å². The first-order valence-electron chi connectivity index (χ1n) is 13.7. The normalized spacial score (nSPS) is 19.9. The number of fused-ring (bicyclic) bond motifs is 2. The van der Waals surface area contributed by atoms with E-state index < -0.39 is 6.04 Å². The van der Waals surface area contributed by atoms with Crippen LogP contribution in [0.1, 0.15) is 49.4 Å². The van der Waals surface area contributed by atoms with E-state index in [0.29, 0.717) is 25.3 Å². The van der Waals surface area contributed by atoms with E-state index >= 15 is 0 Å². The average Bonchev–Trinajstić information content (AvgIpc) is 3.06. The Kier molecular flexibility index (Phi) is 6.42. The van der Waals surface area contributed by atoms with Crippen LogP contribution in [0, 0.1) is 5.41 Å². The molecule has 1 amide bonds. The molecule has 6 heteroatoms. The van der Waals surface area contributed by atoms with Crippen LogP contribution in [0.3, 0.4) is 0 Å². The number of allylic oxidation sites excluding steroid dienone is 1. The van der Waals surface area contributed by atoms with Crippen LogP contribution in [0.5, 0.6) is 5.75 Å². The van der Waals surface area contributed by atoms with Crippen molar-refractivity contribution < 1.29 is 14.3 Å². The van der Waals surface area contributed by atoms with Crippen LogP contribution in [0.4, 0.5) is 11.4 Å². The number of amides is 1. The lowest BCUT2D eigenvalue weighted by atomic mass is 9.73. The SMILES string of the molecule is COc1ccccc1C1C2=C(CC(C)(C)CC2=O)Nc2ccccc2N1CC(=O)N1CCc2ccccc2C1. The van der Waals surface area contributed by atoms with Crippen LogP contribution >= 0.6 is 0 Å². The van der Waals surface area contributed by atoms with Gasteiger partial charge in [-0.2, -0.15) is 0 Å². The number of methoxy groups -OCH3 is 1. The highest BCUT2D eigenvalue weighted by atomic mass is 16.5. The predicted molar refractivity (Wildman–Crippen MR) is 154 cm³/mol. The Morgan fingerprint density at radius 3 is 2.51 bits per heavy atom. The smallest absolute Gasteiger partial charge is 0.242 e. The van der Waals surface area contributed by atoms with Crippen LogP contribution in [0.2, 0.25) is 0 Å². The van der Waals surface area contributed by atoms with Gasteiger partial charge in [0.2, 0.25) is 5.91 Å². The van der Waals surface area contributed by atoms with Crippen LogP contribution in [0.15, 0.2) is 84.1 Å². The maximum atomic E-state index is 14.0. The first-order valence-corrected chi connectivity index (χ1v) is 13.7. The van der Waals surface area contributed by atoms with Gasteiger partial charge in [0.1, 0.15) is 5.75 Å². The summed E-state index contributed by atoms with van der Waals surface area (Å²) in [6, 6.07) is 23.8. The fourth-order valence-corrected chi connectivity index (χ4v) is 6.40. The molecule has 3 aromatic rings. The molecule has 1 atom stereocenters. The zero-order valence-electron chi connectivity index (χ0n) is 22.9. The average molecular weight is 522 g/mol. The molecule has 1 aliphatic carbocycles. The summed E-state index contributed by atoms with van der Waals surface area (Å²) >= 11 is 0. The van der Waals surface area contributed by atoms with Gasteiger partial charge in [-0.3, -0.25) is 9.59 Å². The number of anilines is 2. The lowest BCUT2D eigenvalue weighted by molar-refractivity contribution is -0.130. The number of para-hydroxylation sites is 3. The van der Waals surface area contributed by atoms with E-state index in [1.165, 1.54) is 11.1 Å². The number of rotatable bonds is 4. The fraction of sp³-hybridized carbons (Fsp3) is 0.333. The molecule has 0 saturated carbocycles. The molecule has 6 nitrogen and oxygen atoms in total. The third kappa shape index (κ3) is 4.69. The van der Waals surface area contributed by atoms with E-state index in [1.54, 1.807) is 7.11 Å². The van der Waals surface area contributed by atoms with Crippen molar-refractivity contribution >= 4 is 23.1 Å². The van der Waals surface area contributed by atoms with E-state index in [4.69, 9.17) is 4.74 Å². The van der Waals surface area contributed by atoms with Gasteiger partial charge in [0.05, 0.1) is 31.1 Å². The minimum Gasteiger partial charge on any atom is -0.496 e. The van der Waals surface area contributed by atoms with Crippen LogP contribution in [-0.4, -0.2) is 36.8 Å². The second-order valence-electron chi connectivity index (χ2n) is 11.6. The zero-order chi connectivity index (χ0) is 27.1. The van der Waals surface area contributed by atoms with Crippen molar-refractivity contribution in [1.82, 2.24) is 4.90 Å². The Morgan fingerprint density at radius 1 is 0.974 bits per heavy atom. The molecule has 1 N–H and O–H groups in total. The lowest BCUT2D eigenvalue weighted by Gasteiger charge is -2.39. The van der Waals surface area contributed by atoms with Crippen LogP contribution in [-0.2, 0) is 22.6 Å². The second kappa shape index (κ2) is 9.92. The summed E-state index contributed by atoms with van der Waals surface area (Å²) in [6.45, 7) is 5.71. The molecule has 39 heavy (non-hydrogen) atoms. The first kappa shape index (κ1) is 25.2. The Hall–Kier alpha value is -4.06. The van der Waals surface area contributed by atoms with Crippen molar-refractivity contribution in [3.8, 4) is 5.75 Å². The van der Waals surface area contributed by atoms with Crippen molar-refractivity contribution in [1.29, 1.82) is 0 Å². The number of hydrogen-bond donors (Lipinski definition) is 1. The molecule has 6 rings (SSSR count). The van der Waals surface area contributed by atoms with E-state index in [9.17, 15) is 9.59 Å². The van der Waals surface area contributed by atoms with Crippen molar-refractivity contribution in [3.63, 3.8) is 0 Å². The third-order valence-electron chi connectivity index (χ3n) is 8.23. The number of nitrogens with one attached hydrogen (secondary N) is 1. The summed E-state index contributed by atoms with van der Waals surface area (Å²) < 4.78 is 5.82. The summed E-state index contributed by atoms with van der Waals surface area (Å²) in [5.41, 5.74) is 6.71. The van der Waals surface area contributed by atoms with E-state index in [1.807, 2.05) is 59.5 Å². The summed E-state index contributed by atoms with van der Waals surface area (Å²) in [7, 11) is 1.66. The van der Waals surface area contributed by atoms with Gasteiger partial charge < -0.3 is 19.9 Å². The van der Waals surface area contributed by atoms with Gasteiger partial charge in [-0.1, -0.05) is 68.4 Å². The molecule has 0 fully saturated rings. The highest BCUT2D eigenvalue weighted by Crippen LogP contribution is 2.49. The topological polar surface area (TPSA) is 61.9 Å². The van der Waals surface area contributed by atoms with Crippen molar-refractivity contribution in [2.75, 3.05) is 30.4 Å². The van der Waals surface area contributed by atoms with Gasteiger partial charge in [-0.05, 0) is 47.6 Å². The van der Waals surface area contributed by atoms with Gasteiger partial charge in [-0.15, -0.1) is 0 Å². The molecule has 200 valence electrons. The van der Waals surface area contributed by atoms with E-state index in [0.717, 1.165) is 41.1 Å². The molecule has 0 aromatic heterocycles. The number of carbonyl (C=O) groups excluding carboxylic acids is 2. The second-order valence-corrected chi connectivity index (χ2v) is 11.6. The van der Waals surface area contributed by atoms with E-state index in [-0.39, 0.29) is 23.7 Å². The standard InChI is InChI=1S/C33H35N3O3/c1-33(2)18-26-31(28(37)19-33)32(24-12-6-9-15-29(24)39-3)36(27-14-8-7-13-25(27)34-26)21-30(38)35-17-16-22-10-4-5-11-23(22)20-35/h4-15,32,34H,16-21H2,1-3H3. The quantitative estimate of drug-likeness (QED) is 0.464. The molecule has 2 heterocycles. The molecule has 0 saturated heterocycles. The first-order chi connectivity index (χ1) is 18.8. The van der Waals surface area contributed by atoms with Crippen molar-refractivity contribution in [2.45, 2.75) is 45.7 Å². The number of ketones is 1. The molecular weight excluding hydrogens is 486 g/mol. The van der Waals surface area contributed by atoms with Gasteiger partial charge in [0.25, 0.3) is 0 Å². The fourth-order valence-electron chi connectivity index (χ4n) is 6.40. The third-order valence-corrected chi connectivity index (χ3v) is 8.23. The monoisotopic (exact) mass is 521 g/mol. The summed E-state index contributed by atoms with van der Waals surface area (Å²) in [5, 5.41) is 3.63.